The monoisotopic (exact) mass is 215 g/mol. The van der Waals surface area contributed by atoms with Gasteiger partial charge in [0, 0.05) is 6.04 Å². The Labute approximate surface area is 92.1 Å². The number of carbonyl (C=O) groups excluding carboxylic acids is 1. The van der Waals surface area contributed by atoms with Crippen molar-refractivity contribution in [3.63, 3.8) is 0 Å². The van der Waals surface area contributed by atoms with Gasteiger partial charge in [0.2, 0.25) is 5.91 Å². The van der Waals surface area contributed by atoms with E-state index >= 15 is 0 Å². The maximum Gasteiger partial charge on any atom is 0.240 e. The van der Waals surface area contributed by atoms with Crippen LogP contribution in [0.3, 0.4) is 0 Å². The summed E-state index contributed by atoms with van der Waals surface area (Å²) in [6, 6.07) is 3.96. The Bertz CT molecular complexity index is 500. The summed E-state index contributed by atoms with van der Waals surface area (Å²) in [5.41, 5.74) is 0.190. The molecule has 1 aromatic heterocycles. The Kier molecular flexibility index (Phi) is 2.57. The fraction of sp³-hybridized carbons (Fsp3) is 0.400. The highest BCUT2D eigenvalue weighted by Gasteiger charge is 2.23. The molecule has 1 saturated carbocycles. The zero-order valence-electron chi connectivity index (χ0n) is 8.47. The number of nitriles is 2. The first kappa shape index (κ1) is 10.2. The number of nitrogens with one attached hydrogen (secondary N) is 1. The summed E-state index contributed by atoms with van der Waals surface area (Å²) in [5.74, 6) is -0.152. The van der Waals surface area contributed by atoms with Gasteiger partial charge in [-0.25, -0.2) is 4.98 Å². The summed E-state index contributed by atoms with van der Waals surface area (Å²) < 4.78 is 1.39. The third-order valence-electron chi connectivity index (χ3n) is 2.31. The molecule has 1 aromatic rings. The average molecular weight is 215 g/mol. The first-order valence-corrected chi connectivity index (χ1v) is 4.89. The number of imidazole rings is 1. The van der Waals surface area contributed by atoms with E-state index in [4.69, 9.17) is 10.5 Å². The number of carbonyl (C=O) groups is 1. The normalized spacial score (nSPS) is 13.9. The standard InChI is InChI=1S/C10H9N5O/c11-3-8-9(4-12)15(6-13-8)5-10(16)14-7-1-2-7/h6-7H,1-2,5H2,(H,14,16). The fourth-order valence-electron chi connectivity index (χ4n) is 1.36. The van der Waals surface area contributed by atoms with Gasteiger partial charge in [0.15, 0.2) is 11.4 Å². The number of aromatic nitrogens is 2. The lowest BCUT2D eigenvalue weighted by Crippen LogP contribution is -2.29. The minimum Gasteiger partial charge on any atom is -0.352 e. The van der Waals surface area contributed by atoms with E-state index in [0.717, 1.165) is 12.8 Å². The molecule has 6 nitrogen and oxygen atoms in total. The lowest BCUT2D eigenvalue weighted by atomic mass is 10.3. The van der Waals surface area contributed by atoms with Crippen LogP contribution in [0.4, 0.5) is 0 Å². The van der Waals surface area contributed by atoms with Crippen LogP contribution in [0, 0.1) is 22.7 Å². The van der Waals surface area contributed by atoms with Crippen molar-refractivity contribution in [2.24, 2.45) is 0 Å². The molecule has 1 amide bonds. The number of hydrogen-bond acceptors (Lipinski definition) is 4. The summed E-state index contributed by atoms with van der Waals surface area (Å²) in [6.07, 6.45) is 3.37. The molecule has 1 aliphatic rings. The highest BCUT2D eigenvalue weighted by molar-refractivity contribution is 5.76. The quantitative estimate of drug-likeness (QED) is 0.761. The Morgan fingerprint density at radius 3 is 2.88 bits per heavy atom. The molecule has 0 aromatic carbocycles. The number of rotatable bonds is 3. The van der Waals surface area contributed by atoms with Gasteiger partial charge >= 0.3 is 0 Å². The molecule has 0 spiro atoms. The molecule has 1 fully saturated rings. The molecule has 0 atom stereocenters. The van der Waals surface area contributed by atoms with Gasteiger partial charge in [-0.3, -0.25) is 4.79 Å². The van der Waals surface area contributed by atoms with Gasteiger partial charge in [-0.15, -0.1) is 0 Å². The first-order chi connectivity index (χ1) is 7.74. The van der Waals surface area contributed by atoms with Crippen LogP contribution in [0.25, 0.3) is 0 Å². The molecule has 0 aliphatic heterocycles. The third kappa shape index (κ3) is 2.01. The Morgan fingerprint density at radius 2 is 2.31 bits per heavy atom. The second kappa shape index (κ2) is 4.03. The van der Waals surface area contributed by atoms with Crippen LogP contribution in [0.1, 0.15) is 24.2 Å². The molecule has 80 valence electrons. The van der Waals surface area contributed by atoms with E-state index in [2.05, 4.69) is 10.3 Å². The van der Waals surface area contributed by atoms with Crippen molar-refractivity contribution in [1.29, 1.82) is 10.5 Å². The van der Waals surface area contributed by atoms with Gasteiger partial charge < -0.3 is 9.88 Å². The van der Waals surface area contributed by atoms with E-state index in [1.807, 2.05) is 12.1 Å². The molecule has 1 aliphatic carbocycles. The molecule has 0 radical (unpaired) electrons. The molecule has 1 N–H and O–H groups in total. The van der Waals surface area contributed by atoms with Gasteiger partial charge in [-0.1, -0.05) is 0 Å². The minimum atomic E-state index is -0.152. The summed E-state index contributed by atoms with van der Waals surface area (Å²) in [4.78, 5) is 15.2. The van der Waals surface area contributed by atoms with Gasteiger partial charge in [-0.2, -0.15) is 10.5 Å². The highest BCUT2D eigenvalue weighted by atomic mass is 16.2. The second-order valence-corrected chi connectivity index (χ2v) is 3.64. The van der Waals surface area contributed by atoms with E-state index in [1.165, 1.54) is 10.9 Å². The maximum absolute atomic E-state index is 11.5. The van der Waals surface area contributed by atoms with Crippen molar-refractivity contribution in [2.75, 3.05) is 0 Å². The van der Waals surface area contributed by atoms with Crippen LogP contribution in [-0.2, 0) is 11.3 Å². The zero-order valence-corrected chi connectivity index (χ0v) is 8.47. The van der Waals surface area contributed by atoms with E-state index in [9.17, 15) is 4.79 Å². The third-order valence-corrected chi connectivity index (χ3v) is 2.31. The molecule has 16 heavy (non-hydrogen) atoms. The smallest absolute Gasteiger partial charge is 0.240 e. The first-order valence-electron chi connectivity index (χ1n) is 4.89. The molecule has 1 heterocycles. The number of nitrogens with zero attached hydrogens (tertiary/aromatic N) is 4. The second-order valence-electron chi connectivity index (χ2n) is 3.64. The van der Waals surface area contributed by atoms with Crippen LogP contribution >= 0.6 is 0 Å². The minimum absolute atomic E-state index is 0.0358. The highest BCUT2D eigenvalue weighted by Crippen LogP contribution is 2.18. The topological polar surface area (TPSA) is 94.5 Å². The summed E-state index contributed by atoms with van der Waals surface area (Å²) in [6.45, 7) is 0.0358. The Morgan fingerprint density at radius 1 is 1.56 bits per heavy atom. The van der Waals surface area contributed by atoms with Gasteiger partial charge in [0.1, 0.15) is 18.7 Å². The largest absolute Gasteiger partial charge is 0.352 e. The van der Waals surface area contributed by atoms with Crippen LogP contribution in [0.15, 0.2) is 6.33 Å². The van der Waals surface area contributed by atoms with Gasteiger partial charge in [0.05, 0.1) is 6.33 Å². The molecular weight excluding hydrogens is 206 g/mol. The van der Waals surface area contributed by atoms with Gasteiger partial charge in [-0.05, 0) is 12.8 Å². The van der Waals surface area contributed by atoms with Crippen LogP contribution in [0.5, 0.6) is 0 Å². The maximum atomic E-state index is 11.5. The molecule has 6 heteroatoms. The fourth-order valence-corrected chi connectivity index (χ4v) is 1.36. The lowest BCUT2D eigenvalue weighted by Gasteiger charge is -2.04. The SMILES string of the molecule is N#Cc1ncn(CC(=O)NC2CC2)c1C#N. The van der Waals surface area contributed by atoms with Crippen LogP contribution in [-0.4, -0.2) is 21.5 Å². The summed E-state index contributed by atoms with van der Waals surface area (Å²) in [7, 11) is 0. The zero-order chi connectivity index (χ0) is 11.5. The lowest BCUT2D eigenvalue weighted by molar-refractivity contribution is -0.121. The molecule has 2 rings (SSSR count). The van der Waals surface area contributed by atoms with Crippen molar-refractivity contribution in [3.8, 4) is 12.1 Å². The van der Waals surface area contributed by atoms with E-state index in [0.29, 0.717) is 0 Å². The van der Waals surface area contributed by atoms with Crippen molar-refractivity contribution in [3.05, 3.63) is 17.7 Å². The predicted molar refractivity (Wildman–Crippen MR) is 52.8 cm³/mol. The average Bonchev–Trinajstić information content (AvgIpc) is 2.97. The Hall–Kier alpha value is -2.34. The summed E-state index contributed by atoms with van der Waals surface area (Å²) >= 11 is 0. The van der Waals surface area contributed by atoms with Crippen molar-refractivity contribution in [2.45, 2.75) is 25.4 Å². The number of hydrogen-bond donors (Lipinski definition) is 1. The Balaban J connectivity index is 2.09. The number of amides is 1. The molecule has 0 bridgehead atoms. The van der Waals surface area contributed by atoms with E-state index in [1.54, 1.807) is 0 Å². The molecular formula is C10H9N5O. The van der Waals surface area contributed by atoms with Crippen LogP contribution in [0.2, 0.25) is 0 Å². The van der Waals surface area contributed by atoms with Crippen molar-refractivity contribution in [1.82, 2.24) is 14.9 Å². The molecule has 0 unspecified atom stereocenters. The van der Waals surface area contributed by atoms with Crippen molar-refractivity contribution >= 4 is 5.91 Å². The van der Waals surface area contributed by atoms with E-state index < -0.39 is 0 Å². The summed E-state index contributed by atoms with van der Waals surface area (Å²) in [5, 5.41) is 20.3. The van der Waals surface area contributed by atoms with Crippen molar-refractivity contribution < 1.29 is 4.79 Å². The molecule has 0 saturated heterocycles. The van der Waals surface area contributed by atoms with Gasteiger partial charge in [0.25, 0.3) is 0 Å². The predicted octanol–water partition coefficient (Wildman–Crippen LogP) is -0.0949. The van der Waals surface area contributed by atoms with E-state index in [-0.39, 0.29) is 29.9 Å². The van der Waals surface area contributed by atoms with Crippen LogP contribution < -0.4 is 5.32 Å².